The Morgan fingerprint density at radius 1 is 1.33 bits per heavy atom. The Morgan fingerprint density at radius 3 is 3.00 bits per heavy atom. The van der Waals surface area contributed by atoms with E-state index in [-0.39, 0.29) is 0 Å². The minimum Gasteiger partial charge on any atom is -0.327 e. The van der Waals surface area contributed by atoms with Gasteiger partial charge in [-0.05, 0) is 50.3 Å². The predicted octanol–water partition coefficient (Wildman–Crippen LogP) is 4.30. The Hall–Kier alpha value is -1.06. The molecule has 3 atom stereocenters. The summed E-state index contributed by atoms with van der Waals surface area (Å²) in [7, 11) is 0. The lowest BCUT2D eigenvalue weighted by molar-refractivity contribution is 0.325. The van der Waals surface area contributed by atoms with Gasteiger partial charge in [-0.3, -0.25) is 0 Å². The number of hydrogen-bond donors (Lipinski definition) is 1. The first-order chi connectivity index (χ1) is 10.3. The van der Waals surface area contributed by atoms with E-state index >= 15 is 0 Å². The van der Waals surface area contributed by atoms with E-state index in [1.54, 1.807) is 0 Å². The number of hydrogen-bond acceptors (Lipinski definition) is 2. The van der Waals surface area contributed by atoms with E-state index in [2.05, 4.69) is 22.9 Å². The molecule has 1 aromatic heterocycles. The molecular weight excluding hydrogens is 282 g/mol. The van der Waals surface area contributed by atoms with Crippen LogP contribution in [-0.4, -0.2) is 15.6 Å². The molecule has 0 spiro atoms. The summed E-state index contributed by atoms with van der Waals surface area (Å²) in [5.41, 5.74) is 2.23. The van der Waals surface area contributed by atoms with Gasteiger partial charge in [0.05, 0.1) is 17.1 Å². The van der Waals surface area contributed by atoms with E-state index in [0.717, 1.165) is 23.0 Å². The van der Waals surface area contributed by atoms with Gasteiger partial charge in [-0.25, -0.2) is 4.98 Å². The second kappa shape index (κ2) is 5.29. The number of nitrogens with zero attached hydrogens (tertiary/aromatic N) is 2. The summed E-state index contributed by atoms with van der Waals surface area (Å²) in [5.74, 6) is 2.04. The summed E-state index contributed by atoms with van der Waals surface area (Å²) in [6.07, 6.45) is 6.73. The van der Waals surface area contributed by atoms with Crippen molar-refractivity contribution >= 4 is 22.6 Å². The van der Waals surface area contributed by atoms with Gasteiger partial charge in [0, 0.05) is 17.6 Å². The van der Waals surface area contributed by atoms with Crippen LogP contribution >= 0.6 is 11.6 Å². The van der Waals surface area contributed by atoms with Crippen molar-refractivity contribution in [2.75, 3.05) is 0 Å². The Bertz CT molecular complexity index is 649. The smallest absolute Gasteiger partial charge is 0.127 e. The molecule has 3 unspecified atom stereocenters. The van der Waals surface area contributed by atoms with Crippen molar-refractivity contribution in [2.24, 2.45) is 5.92 Å². The highest BCUT2D eigenvalue weighted by molar-refractivity contribution is 6.31. The molecule has 2 aromatic rings. The molecule has 0 radical (unpaired) electrons. The number of benzene rings is 1. The molecule has 1 aromatic carbocycles. The first kappa shape index (κ1) is 13.6. The molecule has 2 heterocycles. The third-order valence-corrected chi connectivity index (χ3v) is 5.47. The van der Waals surface area contributed by atoms with Crippen LogP contribution in [0.5, 0.6) is 0 Å². The van der Waals surface area contributed by atoms with Gasteiger partial charge in [-0.2, -0.15) is 0 Å². The Kier molecular flexibility index (Phi) is 3.43. The van der Waals surface area contributed by atoms with E-state index in [1.165, 1.54) is 43.4 Å². The van der Waals surface area contributed by atoms with Gasteiger partial charge < -0.3 is 9.88 Å². The number of aromatic nitrogens is 2. The van der Waals surface area contributed by atoms with Crippen molar-refractivity contribution in [1.82, 2.24) is 14.9 Å². The third-order valence-electron chi connectivity index (χ3n) is 5.23. The average molecular weight is 304 g/mol. The maximum Gasteiger partial charge on any atom is 0.127 e. The summed E-state index contributed by atoms with van der Waals surface area (Å²) in [6.45, 7) is 3.15. The second-order valence-electron chi connectivity index (χ2n) is 6.45. The van der Waals surface area contributed by atoms with Crippen molar-refractivity contribution in [3.05, 3.63) is 29.0 Å². The SMILES string of the molecule is CCn1c(C2CC3CCCCC3N2)nc2cc(Cl)ccc21. The lowest BCUT2D eigenvalue weighted by atomic mass is 9.85. The van der Waals surface area contributed by atoms with E-state index < -0.39 is 0 Å². The van der Waals surface area contributed by atoms with Gasteiger partial charge in [-0.1, -0.05) is 24.4 Å². The summed E-state index contributed by atoms with van der Waals surface area (Å²) in [6, 6.07) is 7.15. The van der Waals surface area contributed by atoms with E-state index in [9.17, 15) is 0 Å². The van der Waals surface area contributed by atoms with Gasteiger partial charge >= 0.3 is 0 Å². The minimum absolute atomic E-state index is 0.407. The number of aryl methyl sites for hydroxylation is 1. The number of rotatable bonds is 2. The largest absolute Gasteiger partial charge is 0.327 e. The average Bonchev–Trinajstić information content (AvgIpc) is 3.06. The molecule has 2 aliphatic rings. The number of nitrogens with one attached hydrogen (secondary N) is 1. The molecule has 21 heavy (non-hydrogen) atoms. The zero-order chi connectivity index (χ0) is 14.4. The summed E-state index contributed by atoms with van der Waals surface area (Å²) >= 11 is 6.12. The van der Waals surface area contributed by atoms with Crippen LogP contribution in [-0.2, 0) is 6.54 Å². The highest BCUT2D eigenvalue weighted by Crippen LogP contribution is 2.39. The van der Waals surface area contributed by atoms with Crippen molar-refractivity contribution < 1.29 is 0 Å². The van der Waals surface area contributed by atoms with Crippen LogP contribution in [0.3, 0.4) is 0 Å². The van der Waals surface area contributed by atoms with Crippen LogP contribution in [0.15, 0.2) is 18.2 Å². The topological polar surface area (TPSA) is 29.9 Å². The van der Waals surface area contributed by atoms with Crippen molar-refractivity contribution in [3.63, 3.8) is 0 Å². The van der Waals surface area contributed by atoms with Crippen LogP contribution in [0.1, 0.15) is 50.9 Å². The molecule has 3 nitrogen and oxygen atoms in total. The fourth-order valence-electron chi connectivity index (χ4n) is 4.24. The molecule has 1 N–H and O–H groups in total. The maximum atomic E-state index is 6.12. The van der Waals surface area contributed by atoms with E-state index in [0.29, 0.717) is 12.1 Å². The lowest BCUT2D eigenvalue weighted by Crippen LogP contribution is -2.31. The molecule has 4 rings (SSSR count). The van der Waals surface area contributed by atoms with Gasteiger partial charge in [0.15, 0.2) is 0 Å². The fraction of sp³-hybridized carbons (Fsp3) is 0.588. The molecule has 4 heteroatoms. The Morgan fingerprint density at radius 2 is 2.19 bits per heavy atom. The first-order valence-electron chi connectivity index (χ1n) is 8.18. The number of imidazole rings is 1. The molecule has 1 saturated carbocycles. The van der Waals surface area contributed by atoms with Crippen molar-refractivity contribution in [1.29, 1.82) is 0 Å². The third kappa shape index (κ3) is 2.27. The van der Waals surface area contributed by atoms with Gasteiger partial charge in [0.25, 0.3) is 0 Å². The van der Waals surface area contributed by atoms with Crippen LogP contribution in [0.25, 0.3) is 11.0 Å². The molecule has 0 amide bonds. The van der Waals surface area contributed by atoms with Crippen molar-refractivity contribution in [3.8, 4) is 0 Å². The summed E-state index contributed by atoms with van der Waals surface area (Å²) < 4.78 is 2.35. The minimum atomic E-state index is 0.407. The normalized spacial score (nSPS) is 29.0. The molecule has 1 saturated heterocycles. The molecule has 2 fully saturated rings. The quantitative estimate of drug-likeness (QED) is 0.896. The summed E-state index contributed by atoms with van der Waals surface area (Å²) in [5, 5.41) is 4.61. The maximum absolute atomic E-state index is 6.12. The Balaban J connectivity index is 1.73. The van der Waals surface area contributed by atoms with Crippen LogP contribution in [0.4, 0.5) is 0 Å². The zero-order valence-electron chi connectivity index (χ0n) is 12.5. The molecular formula is C17H22ClN3. The van der Waals surface area contributed by atoms with E-state index in [1.807, 2.05) is 12.1 Å². The molecule has 1 aliphatic heterocycles. The second-order valence-corrected chi connectivity index (χ2v) is 6.89. The van der Waals surface area contributed by atoms with Gasteiger partial charge in [0.2, 0.25) is 0 Å². The standard InChI is InChI=1S/C17H22ClN3/c1-2-21-16-8-7-12(18)10-14(16)20-17(21)15-9-11-5-3-4-6-13(11)19-15/h7-8,10-11,13,15,19H,2-6,9H2,1H3. The van der Waals surface area contributed by atoms with Gasteiger partial charge in [0.1, 0.15) is 5.82 Å². The number of fused-ring (bicyclic) bond motifs is 2. The van der Waals surface area contributed by atoms with Crippen LogP contribution in [0.2, 0.25) is 5.02 Å². The molecule has 112 valence electrons. The zero-order valence-corrected chi connectivity index (χ0v) is 13.2. The first-order valence-corrected chi connectivity index (χ1v) is 8.56. The predicted molar refractivity (Wildman–Crippen MR) is 86.7 cm³/mol. The Labute approximate surface area is 130 Å². The van der Waals surface area contributed by atoms with E-state index in [4.69, 9.17) is 16.6 Å². The lowest BCUT2D eigenvalue weighted by Gasteiger charge is -2.24. The van der Waals surface area contributed by atoms with Crippen LogP contribution < -0.4 is 5.32 Å². The summed E-state index contributed by atoms with van der Waals surface area (Å²) in [4.78, 5) is 4.90. The monoisotopic (exact) mass is 303 g/mol. The van der Waals surface area contributed by atoms with Gasteiger partial charge in [-0.15, -0.1) is 0 Å². The number of halogens is 1. The highest BCUT2D eigenvalue weighted by Gasteiger charge is 2.37. The van der Waals surface area contributed by atoms with Crippen molar-refractivity contribution in [2.45, 2.75) is 57.7 Å². The highest BCUT2D eigenvalue weighted by atomic mass is 35.5. The molecule has 0 bridgehead atoms. The molecule has 1 aliphatic carbocycles. The fourth-order valence-corrected chi connectivity index (χ4v) is 4.40. The van der Waals surface area contributed by atoms with Crippen LogP contribution in [0, 0.1) is 5.92 Å².